The Labute approximate surface area is 103 Å². The van der Waals surface area contributed by atoms with Crippen LogP contribution in [0.5, 0.6) is 5.75 Å². The second-order valence-electron chi connectivity index (χ2n) is 3.17. The van der Waals surface area contributed by atoms with E-state index in [1.807, 2.05) is 0 Å². The van der Waals surface area contributed by atoms with Crippen LogP contribution in [0.3, 0.4) is 0 Å². The summed E-state index contributed by atoms with van der Waals surface area (Å²) in [4.78, 5) is 0. The normalized spacial score (nSPS) is 10.3. The first-order valence-electron chi connectivity index (χ1n) is 4.88. The summed E-state index contributed by atoms with van der Waals surface area (Å²) in [5, 5.41) is 1.35. The SMILES string of the molecule is Fc1ccc(OCCCCCBr)c(Cl)c1. The Morgan fingerprint density at radius 3 is 2.73 bits per heavy atom. The van der Waals surface area contributed by atoms with Gasteiger partial charge in [-0.2, -0.15) is 0 Å². The molecule has 0 fully saturated rings. The van der Waals surface area contributed by atoms with E-state index in [0.29, 0.717) is 17.4 Å². The van der Waals surface area contributed by atoms with Gasteiger partial charge in [-0.05, 0) is 37.5 Å². The number of rotatable bonds is 6. The summed E-state index contributed by atoms with van der Waals surface area (Å²) in [6.07, 6.45) is 3.24. The molecule has 0 saturated carbocycles. The molecule has 0 N–H and O–H groups in total. The second kappa shape index (κ2) is 7.07. The maximum Gasteiger partial charge on any atom is 0.138 e. The Bertz CT molecular complexity index is 307. The number of halogens is 3. The van der Waals surface area contributed by atoms with Crippen molar-refractivity contribution in [2.75, 3.05) is 11.9 Å². The second-order valence-corrected chi connectivity index (χ2v) is 4.37. The van der Waals surface area contributed by atoms with Gasteiger partial charge in [-0.25, -0.2) is 4.39 Å². The fourth-order valence-electron chi connectivity index (χ4n) is 1.15. The molecular weight excluding hydrogens is 282 g/mol. The van der Waals surface area contributed by atoms with Crippen molar-refractivity contribution in [1.82, 2.24) is 0 Å². The zero-order chi connectivity index (χ0) is 11.1. The summed E-state index contributed by atoms with van der Waals surface area (Å²) in [5.41, 5.74) is 0. The summed E-state index contributed by atoms with van der Waals surface area (Å²) in [6.45, 7) is 0.623. The highest BCUT2D eigenvalue weighted by Crippen LogP contribution is 2.24. The van der Waals surface area contributed by atoms with Crippen LogP contribution in [0, 0.1) is 5.82 Å². The minimum Gasteiger partial charge on any atom is -0.492 e. The molecule has 0 radical (unpaired) electrons. The summed E-state index contributed by atoms with van der Waals surface area (Å²) in [6, 6.07) is 4.16. The molecule has 0 aliphatic carbocycles. The van der Waals surface area contributed by atoms with Crippen molar-refractivity contribution in [2.45, 2.75) is 19.3 Å². The molecule has 84 valence electrons. The van der Waals surface area contributed by atoms with Crippen molar-refractivity contribution in [3.8, 4) is 5.75 Å². The van der Waals surface area contributed by atoms with Gasteiger partial charge in [0.2, 0.25) is 0 Å². The van der Waals surface area contributed by atoms with Crippen molar-refractivity contribution in [1.29, 1.82) is 0 Å². The molecule has 0 spiro atoms. The van der Waals surface area contributed by atoms with Crippen molar-refractivity contribution in [2.24, 2.45) is 0 Å². The fourth-order valence-corrected chi connectivity index (χ4v) is 1.77. The molecule has 0 unspecified atom stereocenters. The standard InChI is InChI=1S/C11H13BrClFO/c12-6-2-1-3-7-15-11-5-4-9(14)8-10(11)13/h4-5,8H,1-3,6-7H2. The number of unbranched alkanes of at least 4 members (excludes halogenated alkanes) is 2. The summed E-state index contributed by atoms with van der Waals surface area (Å²) >= 11 is 9.16. The van der Waals surface area contributed by atoms with E-state index in [1.54, 1.807) is 6.07 Å². The van der Waals surface area contributed by atoms with Crippen molar-refractivity contribution in [3.05, 3.63) is 29.0 Å². The van der Waals surface area contributed by atoms with Gasteiger partial charge < -0.3 is 4.74 Å². The Morgan fingerprint density at radius 2 is 2.07 bits per heavy atom. The summed E-state index contributed by atoms with van der Waals surface area (Å²) in [5.74, 6) is 0.212. The highest BCUT2D eigenvalue weighted by Gasteiger charge is 2.02. The molecule has 15 heavy (non-hydrogen) atoms. The van der Waals surface area contributed by atoms with E-state index in [0.717, 1.165) is 24.6 Å². The first-order chi connectivity index (χ1) is 7.24. The van der Waals surface area contributed by atoms with Gasteiger partial charge in [0.25, 0.3) is 0 Å². The Balaban J connectivity index is 2.31. The monoisotopic (exact) mass is 294 g/mol. The molecule has 0 atom stereocenters. The minimum atomic E-state index is -0.341. The van der Waals surface area contributed by atoms with E-state index in [4.69, 9.17) is 16.3 Å². The van der Waals surface area contributed by atoms with Gasteiger partial charge in [-0.3, -0.25) is 0 Å². The highest BCUT2D eigenvalue weighted by atomic mass is 79.9. The Morgan fingerprint density at radius 1 is 1.27 bits per heavy atom. The topological polar surface area (TPSA) is 9.23 Å². The number of alkyl halides is 1. The maximum atomic E-state index is 12.7. The van der Waals surface area contributed by atoms with Gasteiger partial charge in [0.15, 0.2) is 0 Å². The summed E-state index contributed by atoms with van der Waals surface area (Å²) < 4.78 is 18.1. The van der Waals surface area contributed by atoms with Crippen LogP contribution in [0.25, 0.3) is 0 Å². The van der Waals surface area contributed by atoms with Gasteiger partial charge in [0.1, 0.15) is 11.6 Å². The van der Waals surface area contributed by atoms with Gasteiger partial charge in [-0.15, -0.1) is 0 Å². The van der Waals surface area contributed by atoms with E-state index in [9.17, 15) is 4.39 Å². The molecule has 0 aliphatic heterocycles. The van der Waals surface area contributed by atoms with Crippen molar-refractivity contribution >= 4 is 27.5 Å². The third-order valence-corrected chi connectivity index (χ3v) is 2.79. The largest absolute Gasteiger partial charge is 0.492 e. The number of hydrogen-bond acceptors (Lipinski definition) is 1. The molecule has 0 aliphatic rings. The van der Waals surface area contributed by atoms with Crippen molar-refractivity contribution in [3.63, 3.8) is 0 Å². The van der Waals surface area contributed by atoms with Crippen molar-refractivity contribution < 1.29 is 9.13 Å². The van der Waals surface area contributed by atoms with Crippen LogP contribution in [-0.2, 0) is 0 Å². The maximum absolute atomic E-state index is 12.7. The lowest BCUT2D eigenvalue weighted by Gasteiger charge is -2.07. The van der Waals surface area contributed by atoms with Crippen LogP contribution in [0.2, 0.25) is 5.02 Å². The average Bonchev–Trinajstić information content (AvgIpc) is 2.20. The quantitative estimate of drug-likeness (QED) is 0.557. The van der Waals surface area contributed by atoms with Crippen LogP contribution in [0.1, 0.15) is 19.3 Å². The summed E-state index contributed by atoms with van der Waals surface area (Å²) in [7, 11) is 0. The first-order valence-corrected chi connectivity index (χ1v) is 6.38. The first kappa shape index (κ1) is 12.8. The predicted octanol–water partition coefficient (Wildman–Crippen LogP) is 4.42. The Hall–Kier alpha value is -0.280. The number of ether oxygens (including phenoxy) is 1. The zero-order valence-corrected chi connectivity index (χ0v) is 10.7. The van der Waals surface area contributed by atoms with E-state index in [2.05, 4.69) is 15.9 Å². The lowest BCUT2D eigenvalue weighted by molar-refractivity contribution is 0.306. The van der Waals surface area contributed by atoms with Crippen LogP contribution < -0.4 is 4.74 Å². The fraction of sp³-hybridized carbons (Fsp3) is 0.455. The minimum absolute atomic E-state index is 0.329. The molecule has 0 saturated heterocycles. The van der Waals surface area contributed by atoms with E-state index in [1.165, 1.54) is 12.1 Å². The molecule has 1 rings (SSSR count). The third-order valence-electron chi connectivity index (χ3n) is 1.93. The number of benzene rings is 1. The molecular formula is C11H13BrClFO. The van der Waals surface area contributed by atoms with Gasteiger partial charge in [-0.1, -0.05) is 27.5 Å². The molecule has 1 aromatic rings. The van der Waals surface area contributed by atoms with E-state index < -0.39 is 0 Å². The van der Waals surface area contributed by atoms with E-state index >= 15 is 0 Å². The van der Waals surface area contributed by atoms with Crippen LogP contribution in [-0.4, -0.2) is 11.9 Å². The lowest BCUT2D eigenvalue weighted by Crippen LogP contribution is -1.98. The molecule has 0 amide bonds. The van der Waals surface area contributed by atoms with Gasteiger partial charge >= 0.3 is 0 Å². The lowest BCUT2D eigenvalue weighted by atomic mass is 10.3. The zero-order valence-electron chi connectivity index (χ0n) is 8.31. The molecule has 1 nitrogen and oxygen atoms in total. The number of hydrogen-bond donors (Lipinski definition) is 0. The van der Waals surface area contributed by atoms with Gasteiger partial charge in [0.05, 0.1) is 11.6 Å². The molecule has 0 heterocycles. The molecule has 4 heteroatoms. The molecule has 1 aromatic carbocycles. The van der Waals surface area contributed by atoms with E-state index in [-0.39, 0.29) is 5.82 Å². The van der Waals surface area contributed by atoms with Crippen LogP contribution in [0.4, 0.5) is 4.39 Å². The molecule has 0 aromatic heterocycles. The van der Waals surface area contributed by atoms with Crippen LogP contribution in [0.15, 0.2) is 18.2 Å². The smallest absolute Gasteiger partial charge is 0.138 e. The van der Waals surface area contributed by atoms with Gasteiger partial charge in [0, 0.05) is 5.33 Å². The average molecular weight is 296 g/mol. The highest BCUT2D eigenvalue weighted by molar-refractivity contribution is 9.09. The predicted molar refractivity (Wildman–Crippen MR) is 64.6 cm³/mol. The van der Waals surface area contributed by atoms with Crippen LogP contribution >= 0.6 is 27.5 Å². The molecule has 0 bridgehead atoms. The Kier molecular flexibility index (Phi) is 6.03. The third kappa shape index (κ3) is 4.85.